The van der Waals surface area contributed by atoms with Gasteiger partial charge < -0.3 is 34.5 Å². The largest absolute Gasteiger partial charge is 0.497 e. The van der Waals surface area contributed by atoms with Crippen LogP contribution in [0.4, 0.5) is 0 Å². The van der Waals surface area contributed by atoms with Gasteiger partial charge in [-0.25, -0.2) is 0 Å². The number of aromatic nitrogens is 1. The van der Waals surface area contributed by atoms with Gasteiger partial charge in [-0.15, -0.1) is 0 Å². The average Bonchev–Trinajstić information content (AvgIpc) is 2.88. The zero-order valence-electron chi connectivity index (χ0n) is 18.3. The third kappa shape index (κ3) is 4.23. The predicted octanol–water partition coefficient (Wildman–Crippen LogP) is 2.40. The van der Waals surface area contributed by atoms with Crippen LogP contribution in [-0.4, -0.2) is 63.1 Å². The third-order valence-corrected chi connectivity index (χ3v) is 6.35. The summed E-state index contributed by atoms with van der Waals surface area (Å²) in [6.45, 7) is -0.579. The highest BCUT2D eigenvalue weighted by Gasteiger charge is 2.45. The molecule has 0 spiro atoms. The fourth-order valence-electron chi connectivity index (χ4n) is 4.11. The molecule has 34 heavy (non-hydrogen) atoms. The summed E-state index contributed by atoms with van der Waals surface area (Å²) in [6, 6.07) is 20.3. The van der Waals surface area contributed by atoms with Gasteiger partial charge in [0.2, 0.25) is 0 Å². The number of hydrogen-bond acceptors (Lipinski definition) is 8. The standard InChI is InChI=1S/C25H24N2O6S/c1-32-16-9-7-14(8-10-16)17-11-19(15-5-3-2-4-6-15)27(25(34)18(17)12-26)24-23(31)22(30)21(29)20(13-28)33-24/h2-11,20-24,28-31H,13H2,1H3/t20-,21+,22+,23-,24-/m1/s1. The van der Waals surface area contributed by atoms with E-state index in [4.69, 9.17) is 21.7 Å². The maximum Gasteiger partial charge on any atom is 0.164 e. The lowest BCUT2D eigenvalue weighted by Crippen LogP contribution is -2.56. The number of hydrogen-bond donors (Lipinski definition) is 4. The molecule has 0 amide bonds. The number of nitrogens with zero attached hydrogens (tertiary/aromatic N) is 2. The Labute approximate surface area is 201 Å². The normalized spacial score (nSPS) is 24.4. The summed E-state index contributed by atoms with van der Waals surface area (Å²) in [5.41, 5.74) is 2.75. The van der Waals surface area contributed by atoms with Crippen LogP contribution in [0.3, 0.4) is 0 Å². The maximum atomic E-state index is 10.8. The number of nitriles is 1. The molecule has 1 fully saturated rings. The van der Waals surface area contributed by atoms with Crippen LogP contribution in [0.1, 0.15) is 11.8 Å². The van der Waals surface area contributed by atoms with Crippen molar-refractivity contribution in [1.82, 2.24) is 4.57 Å². The van der Waals surface area contributed by atoms with E-state index in [0.29, 0.717) is 17.0 Å². The first-order valence-electron chi connectivity index (χ1n) is 10.6. The van der Waals surface area contributed by atoms with Gasteiger partial charge in [0.05, 0.1) is 25.0 Å². The van der Waals surface area contributed by atoms with E-state index in [0.717, 1.165) is 11.1 Å². The van der Waals surface area contributed by atoms with Gasteiger partial charge >= 0.3 is 0 Å². The van der Waals surface area contributed by atoms with Crippen molar-refractivity contribution in [2.75, 3.05) is 13.7 Å². The molecule has 5 atom stereocenters. The number of aliphatic hydroxyl groups is 4. The molecule has 2 aromatic carbocycles. The lowest BCUT2D eigenvalue weighted by atomic mass is 9.95. The minimum Gasteiger partial charge on any atom is -0.497 e. The topological polar surface area (TPSA) is 128 Å². The molecule has 4 N–H and O–H groups in total. The van der Waals surface area contributed by atoms with Crippen LogP contribution in [0.25, 0.3) is 22.4 Å². The molecule has 9 heteroatoms. The van der Waals surface area contributed by atoms with Crippen molar-refractivity contribution < 1.29 is 29.9 Å². The average molecular weight is 481 g/mol. The molecule has 3 aromatic rings. The Hall–Kier alpha value is -3.10. The minimum atomic E-state index is -1.59. The van der Waals surface area contributed by atoms with Crippen molar-refractivity contribution in [3.63, 3.8) is 0 Å². The van der Waals surface area contributed by atoms with Crippen molar-refractivity contribution in [3.8, 4) is 34.2 Å². The molecule has 8 nitrogen and oxygen atoms in total. The molecule has 0 radical (unpaired) electrons. The first-order chi connectivity index (χ1) is 16.4. The van der Waals surface area contributed by atoms with Crippen molar-refractivity contribution in [2.24, 2.45) is 0 Å². The van der Waals surface area contributed by atoms with Crippen molar-refractivity contribution in [3.05, 3.63) is 70.9 Å². The first-order valence-corrected chi connectivity index (χ1v) is 11.0. The Balaban J connectivity index is 1.98. The van der Waals surface area contributed by atoms with Gasteiger partial charge in [-0.1, -0.05) is 54.7 Å². The Morgan fingerprint density at radius 3 is 2.26 bits per heavy atom. The van der Waals surface area contributed by atoms with Crippen LogP contribution in [0.2, 0.25) is 0 Å². The highest BCUT2D eigenvalue weighted by atomic mass is 32.1. The van der Waals surface area contributed by atoms with Crippen LogP contribution in [0.15, 0.2) is 60.7 Å². The number of aliphatic hydroxyl groups excluding tert-OH is 4. The summed E-state index contributed by atoms with van der Waals surface area (Å²) in [4.78, 5) is 0. The monoisotopic (exact) mass is 480 g/mol. The summed E-state index contributed by atoms with van der Waals surface area (Å²) in [6.07, 6.45) is -7.05. The number of rotatable bonds is 5. The quantitative estimate of drug-likeness (QED) is 0.410. The first kappa shape index (κ1) is 24.0. The number of ether oxygens (including phenoxy) is 2. The zero-order chi connectivity index (χ0) is 24.4. The molecule has 176 valence electrons. The van der Waals surface area contributed by atoms with Gasteiger partial charge in [0.25, 0.3) is 0 Å². The highest BCUT2D eigenvalue weighted by molar-refractivity contribution is 7.71. The Morgan fingerprint density at radius 1 is 1.00 bits per heavy atom. The van der Waals surface area contributed by atoms with E-state index in [-0.39, 0.29) is 10.2 Å². The third-order valence-electron chi connectivity index (χ3n) is 5.95. The van der Waals surface area contributed by atoms with Crippen molar-refractivity contribution >= 4 is 12.2 Å². The Kier molecular flexibility index (Phi) is 7.09. The molecule has 0 unspecified atom stereocenters. The maximum absolute atomic E-state index is 10.8. The smallest absolute Gasteiger partial charge is 0.164 e. The number of benzene rings is 2. The summed E-state index contributed by atoms with van der Waals surface area (Å²) >= 11 is 5.71. The van der Waals surface area contributed by atoms with Crippen LogP contribution in [0.5, 0.6) is 5.75 Å². The van der Waals surface area contributed by atoms with E-state index in [1.54, 1.807) is 25.3 Å². The van der Waals surface area contributed by atoms with Gasteiger partial charge in [-0.2, -0.15) is 5.26 Å². The molecule has 2 heterocycles. The molecule has 1 aromatic heterocycles. The summed E-state index contributed by atoms with van der Waals surface area (Å²) in [5, 5.41) is 51.1. The van der Waals surface area contributed by atoms with E-state index in [1.807, 2.05) is 42.5 Å². The second-order valence-electron chi connectivity index (χ2n) is 7.92. The van der Waals surface area contributed by atoms with E-state index in [1.165, 1.54) is 4.57 Å². The van der Waals surface area contributed by atoms with Gasteiger partial charge in [-0.3, -0.25) is 0 Å². The SMILES string of the molecule is COc1ccc(-c2cc(-c3ccccc3)n([C@@H]3O[C@H](CO)[C@H](O)[C@H](O)[C@H]3O)c(=S)c2C#N)cc1. The molecule has 1 saturated heterocycles. The number of pyridine rings is 1. The summed E-state index contributed by atoms with van der Waals surface area (Å²) in [7, 11) is 1.57. The Morgan fingerprint density at radius 2 is 1.68 bits per heavy atom. The zero-order valence-corrected chi connectivity index (χ0v) is 19.1. The van der Waals surface area contributed by atoms with Crippen LogP contribution < -0.4 is 4.74 Å². The highest BCUT2D eigenvalue weighted by Crippen LogP contribution is 2.37. The lowest BCUT2D eigenvalue weighted by Gasteiger charge is -2.41. The number of methoxy groups -OCH3 is 1. The van der Waals surface area contributed by atoms with E-state index in [2.05, 4.69) is 6.07 Å². The molecule has 4 rings (SSSR count). The molecular weight excluding hydrogens is 456 g/mol. The molecule has 0 bridgehead atoms. The van der Waals surface area contributed by atoms with Crippen LogP contribution in [-0.2, 0) is 4.74 Å². The fraction of sp³-hybridized carbons (Fsp3) is 0.280. The van der Waals surface area contributed by atoms with E-state index in [9.17, 15) is 25.7 Å². The Bertz CT molecular complexity index is 1250. The van der Waals surface area contributed by atoms with Gasteiger partial charge in [0, 0.05) is 5.56 Å². The molecule has 0 aliphatic carbocycles. The molecule has 1 aliphatic rings. The van der Waals surface area contributed by atoms with Gasteiger partial charge in [0.15, 0.2) is 6.23 Å². The van der Waals surface area contributed by atoms with Gasteiger partial charge in [-0.05, 0) is 29.3 Å². The fourth-order valence-corrected chi connectivity index (χ4v) is 4.47. The summed E-state index contributed by atoms with van der Waals surface area (Å²) < 4.78 is 12.6. The van der Waals surface area contributed by atoms with E-state index < -0.39 is 37.3 Å². The van der Waals surface area contributed by atoms with Crippen molar-refractivity contribution in [2.45, 2.75) is 30.6 Å². The molecule has 1 aliphatic heterocycles. The summed E-state index contributed by atoms with van der Waals surface area (Å²) in [5.74, 6) is 0.663. The second-order valence-corrected chi connectivity index (χ2v) is 8.31. The van der Waals surface area contributed by atoms with Gasteiger partial charge in [0.1, 0.15) is 40.9 Å². The van der Waals surface area contributed by atoms with Crippen LogP contribution >= 0.6 is 12.2 Å². The van der Waals surface area contributed by atoms with Crippen molar-refractivity contribution in [1.29, 1.82) is 5.26 Å². The second kappa shape index (κ2) is 10.0. The molecular formula is C25H24N2O6S. The predicted molar refractivity (Wildman–Crippen MR) is 126 cm³/mol. The molecule has 0 saturated carbocycles. The lowest BCUT2D eigenvalue weighted by molar-refractivity contribution is -0.251. The minimum absolute atomic E-state index is 0.0824. The van der Waals surface area contributed by atoms with E-state index >= 15 is 0 Å². The van der Waals surface area contributed by atoms with Crippen LogP contribution in [0, 0.1) is 16.0 Å².